The molecule has 0 saturated carbocycles. The Morgan fingerprint density at radius 2 is 1.86 bits per heavy atom. The highest BCUT2D eigenvalue weighted by molar-refractivity contribution is 5.89. The molecular formula is C16H17NO5. The number of fused-ring (bicyclic) bond motifs is 1. The summed E-state index contributed by atoms with van der Waals surface area (Å²) < 4.78 is 10.4. The molecule has 0 bridgehead atoms. The van der Waals surface area contributed by atoms with Gasteiger partial charge in [-0.3, -0.25) is 14.4 Å². The van der Waals surface area contributed by atoms with E-state index in [-0.39, 0.29) is 12.5 Å². The molecule has 1 N–H and O–H groups in total. The number of hydroxylamine groups is 1. The molecule has 6 heteroatoms. The van der Waals surface area contributed by atoms with Crippen molar-refractivity contribution in [3.63, 3.8) is 0 Å². The molecule has 0 atom stereocenters. The molecule has 1 amide bonds. The van der Waals surface area contributed by atoms with Gasteiger partial charge in [0.1, 0.15) is 18.1 Å². The number of carbonyl (C=O) groups excluding carboxylic acids is 2. The number of ether oxygens (including phenoxy) is 2. The summed E-state index contributed by atoms with van der Waals surface area (Å²) in [7, 11) is 1.59. The van der Waals surface area contributed by atoms with E-state index in [0.29, 0.717) is 11.5 Å². The van der Waals surface area contributed by atoms with E-state index in [1.165, 1.54) is 13.8 Å². The van der Waals surface area contributed by atoms with Crippen LogP contribution in [0.25, 0.3) is 10.8 Å². The Hall–Kier alpha value is -2.60. The minimum atomic E-state index is -0.401. The maximum atomic E-state index is 11.1. The maximum absolute atomic E-state index is 11.1. The lowest BCUT2D eigenvalue weighted by Crippen LogP contribution is -2.19. The zero-order valence-electron chi connectivity index (χ0n) is 12.6. The van der Waals surface area contributed by atoms with Gasteiger partial charge in [0, 0.05) is 13.8 Å². The van der Waals surface area contributed by atoms with E-state index in [2.05, 4.69) is 5.48 Å². The van der Waals surface area contributed by atoms with Gasteiger partial charge in [0.15, 0.2) is 0 Å². The van der Waals surface area contributed by atoms with Crippen molar-refractivity contribution in [2.24, 2.45) is 0 Å². The van der Waals surface area contributed by atoms with E-state index < -0.39 is 5.97 Å². The molecule has 22 heavy (non-hydrogen) atoms. The summed E-state index contributed by atoms with van der Waals surface area (Å²) in [5.74, 6) is 0.430. The molecule has 0 radical (unpaired) electrons. The third-order valence-corrected chi connectivity index (χ3v) is 2.93. The summed E-state index contributed by atoms with van der Waals surface area (Å²) in [6, 6.07) is 9.00. The summed E-state index contributed by atoms with van der Waals surface area (Å²) in [5, 5.41) is 1.77. The van der Waals surface area contributed by atoms with Crippen molar-refractivity contribution in [1.29, 1.82) is 0 Å². The molecule has 2 rings (SSSR count). The summed E-state index contributed by atoms with van der Waals surface area (Å²) in [6.45, 7) is 2.83. The molecule has 0 saturated heterocycles. The number of rotatable bonds is 5. The summed E-state index contributed by atoms with van der Waals surface area (Å²) in [6.07, 6.45) is 0. The van der Waals surface area contributed by atoms with Crippen LogP contribution in [0.2, 0.25) is 0 Å². The zero-order valence-corrected chi connectivity index (χ0v) is 12.6. The lowest BCUT2D eigenvalue weighted by molar-refractivity contribution is -0.132. The predicted molar refractivity (Wildman–Crippen MR) is 80.4 cm³/mol. The number of esters is 1. The second-order valence-electron chi connectivity index (χ2n) is 4.71. The van der Waals surface area contributed by atoms with Crippen LogP contribution >= 0.6 is 0 Å². The SMILES string of the molecule is COc1ccc2cc(OC(C)=O)cc(CONC(C)=O)c2c1. The fraction of sp³-hybridized carbons (Fsp3) is 0.250. The molecule has 0 aliphatic carbocycles. The van der Waals surface area contributed by atoms with Gasteiger partial charge in [-0.1, -0.05) is 6.07 Å². The van der Waals surface area contributed by atoms with Gasteiger partial charge in [0.2, 0.25) is 5.91 Å². The average Bonchev–Trinajstić information content (AvgIpc) is 2.45. The minimum Gasteiger partial charge on any atom is -0.497 e. The van der Waals surface area contributed by atoms with Gasteiger partial charge in [-0.15, -0.1) is 0 Å². The Balaban J connectivity index is 2.41. The van der Waals surface area contributed by atoms with Crippen molar-refractivity contribution in [1.82, 2.24) is 5.48 Å². The van der Waals surface area contributed by atoms with Crippen molar-refractivity contribution in [2.45, 2.75) is 20.5 Å². The molecule has 0 unspecified atom stereocenters. The van der Waals surface area contributed by atoms with Crippen LogP contribution in [0.15, 0.2) is 30.3 Å². The van der Waals surface area contributed by atoms with Crippen molar-refractivity contribution < 1.29 is 23.9 Å². The van der Waals surface area contributed by atoms with Crippen LogP contribution in [0, 0.1) is 0 Å². The van der Waals surface area contributed by atoms with Crippen LogP contribution in [0.4, 0.5) is 0 Å². The lowest BCUT2D eigenvalue weighted by Gasteiger charge is -2.11. The van der Waals surface area contributed by atoms with Gasteiger partial charge in [0.25, 0.3) is 0 Å². The van der Waals surface area contributed by atoms with Gasteiger partial charge in [-0.25, -0.2) is 5.48 Å². The first-order valence-corrected chi connectivity index (χ1v) is 6.67. The number of methoxy groups -OCH3 is 1. The Morgan fingerprint density at radius 1 is 1.09 bits per heavy atom. The molecule has 2 aromatic carbocycles. The number of benzene rings is 2. The van der Waals surface area contributed by atoms with Gasteiger partial charge in [-0.05, 0) is 40.6 Å². The molecule has 0 aliphatic rings. The van der Waals surface area contributed by atoms with Crippen LogP contribution in [0.3, 0.4) is 0 Å². The second-order valence-corrected chi connectivity index (χ2v) is 4.71. The van der Waals surface area contributed by atoms with Crippen molar-refractivity contribution in [3.05, 3.63) is 35.9 Å². The van der Waals surface area contributed by atoms with Gasteiger partial charge >= 0.3 is 5.97 Å². The Bertz CT molecular complexity index is 711. The normalized spacial score (nSPS) is 10.3. The molecule has 0 spiro atoms. The third-order valence-electron chi connectivity index (χ3n) is 2.93. The standard InChI is InChI=1S/C16H17NO5/c1-10(18)17-21-9-13-7-15(22-11(2)19)6-12-4-5-14(20-3)8-16(12)13/h4-8H,9H2,1-3H3,(H,17,18). The van der Waals surface area contributed by atoms with Crippen molar-refractivity contribution >= 4 is 22.6 Å². The van der Waals surface area contributed by atoms with Crippen LogP contribution in [0.1, 0.15) is 19.4 Å². The van der Waals surface area contributed by atoms with E-state index in [9.17, 15) is 9.59 Å². The number of nitrogens with one attached hydrogen (secondary N) is 1. The first kappa shape index (κ1) is 15.8. The van der Waals surface area contributed by atoms with Gasteiger partial charge in [-0.2, -0.15) is 0 Å². The number of carbonyl (C=O) groups is 2. The number of hydrogen-bond donors (Lipinski definition) is 1. The van der Waals surface area contributed by atoms with E-state index in [1.54, 1.807) is 19.2 Å². The quantitative estimate of drug-likeness (QED) is 0.521. The van der Waals surface area contributed by atoms with E-state index in [1.807, 2.05) is 18.2 Å². The first-order valence-electron chi connectivity index (χ1n) is 6.67. The van der Waals surface area contributed by atoms with Crippen molar-refractivity contribution in [2.75, 3.05) is 7.11 Å². The van der Waals surface area contributed by atoms with Crippen LogP contribution in [0.5, 0.6) is 11.5 Å². The predicted octanol–water partition coefficient (Wildman–Crippen LogP) is 2.34. The highest BCUT2D eigenvalue weighted by atomic mass is 16.6. The largest absolute Gasteiger partial charge is 0.497 e. The Kier molecular flexibility index (Phi) is 4.95. The average molecular weight is 303 g/mol. The molecule has 0 fully saturated rings. The summed E-state index contributed by atoms with van der Waals surface area (Å²) in [4.78, 5) is 27.2. The zero-order chi connectivity index (χ0) is 16.1. The monoisotopic (exact) mass is 303 g/mol. The molecular weight excluding hydrogens is 286 g/mol. The molecule has 116 valence electrons. The maximum Gasteiger partial charge on any atom is 0.308 e. The van der Waals surface area contributed by atoms with Crippen LogP contribution in [-0.2, 0) is 21.0 Å². The molecule has 0 heterocycles. The summed E-state index contributed by atoms with van der Waals surface area (Å²) in [5.41, 5.74) is 3.03. The van der Waals surface area contributed by atoms with E-state index in [0.717, 1.165) is 16.3 Å². The molecule has 2 aromatic rings. The smallest absolute Gasteiger partial charge is 0.308 e. The number of amides is 1. The minimum absolute atomic E-state index is 0.137. The second kappa shape index (κ2) is 6.91. The van der Waals surface area contributed by atoms with Gasteiger partial charge in [0.05, 0.1) is 7.11 Å². The van der Waals surface area contributed by atoms with E-state index >= 15 is 0 Å². The highest BCUT2D eigenvalue weighted by Crippen LogP contribution is 2.29. The molecule has 0 aromatic heterocycles. The number of hydrogen-bond acceptors (Lipinski definition) is 5. The van der Waals surface area contributed by atoms with Crippen LogP contribution < -0.4 is 15.0 Å². The molecule has 6 nitrogen and oxygen atoms in total. The summed E-state index contributed by atoms with van der Waals surface area (Å²) >= 11 is 0. The van der Waals surface area contributed by atoms with Gasteiger partial charge < -0.3 is 9.47 Å². The highest BCUT2D eigenvalue weighted by Gasteiger charge is 2.09. The lowest BCUT2D eigenvalue weighted by atomic mass is 10.0. The topological polar surface area (TPSA) is 73.9 Å². The van der Waals surface area contributed by atoms with Crippen LogP contribution in [-0.4, -0.2) is 19.0 Å². The fourth-order valence-corrected chi connectivity index (χ4v) is 2.07. The Labute approximate surface area is 127 Å². The first-order chi connectivity index (χ1) is 10.5. The molecule has 0 aliphatic heterocycles. The van der Waals surface area contributed by atoms with Crippen molar-refractivity contribution in [3.8, 4) is 11.5 Å². The van der Waals surface area contributed by atoms with E-state index in [4.69, 9.17) is 14.3 Å². The third kappa shape index (κ3) is 3.95. The fourth-order valence-electron chi connectivity index (χ4n) is 2.07. The Morgan fingerprint density at radius 3 is 2.50 bits per heavy atom.